The standard InChI is InChI=1S/C14H19NO3/c1-12(2)6-9(16)5-11-14(12,8-15)10(17)7-13(3,4)18-11/h11H,5-7H2,1-4H3/t11-,14-/m1/s1. The highest BCUT2D eigenvalue weighted by Crippen LogP contribution is 2.55. The minimum Gasteiger partial charge on any atom is -0.369 e. The Labute approximate surface area is 107 Å². The first-order valence-electron chi connectivity index (χ1n) is 6.29. The summed E-state index contributed by atoms with van der Waals surface area (Å²) in [5.41, 5.74) is -2.42. The molecule has 0 N–H and O–H groups in total. The van der Waals surface area contributed by atoms with E-state index in [9.17, 15) is 14.9 Å². The van der Waals surface area contributed by atoms with E-state index in [4.69, 9.17) is 4.74 Å². The topological polar surface area (TPSA) is 67.2 Å². The van der Waals surface area contributed by atoms with Gasteiger partial charge in [-0.15, -0.1) is 0 Å². The summed E-state index contributed by atoms with van der Waals surface area (Å²) in [7, 11) is 0. The van der Waals surface area contributed by atoms with E-state index in [2.05, 4.69) is 6.07 Å². The van der Waals surface area contributed by atoms with Crippen LogP contribution in [0.3, 0.4) is 0 Å². The van der Waals surface area contributed by atoms with Crippen LogP contribution in [0.25, 0.3) is 0 Å². The minimum atomic E-state index is -1.17. The zero-order valence-electron chi connectivity index (χ0n) is 11.4. The van der Waals surface area contributed by atoms with Gasteiger partial charge in [0.1, 0.15) is 11.2 Å². The number of ketones is 2. The molecule has 2 atom stereocenters. The molecule has 4 heteroatoms. The van der Waals surface area contributed by atoms with E-state index in [1.807, 2.05) is 27.7 Å². The van der Waals surface area contributed by atoms with Gasteiger partial charge in [-0.25, -0.2) is 0 Å². The Morgan fingerprint density at radius 1 is 1.22 bits per heavy atom. The molecule has 2 aliphatic rings. The molecule has 2 rings (SSSR count). The summed E-state index contributed by atoms with van der Waals surface area (Å²) < 4.78 is 5.88. The van der Waals surface area contributed by atoms with Crippen LogP contribution in [0.5, 0.6) is 0 Å². The van der Waals surface area contributed by atoms with Crippen molar-refractivity contribution in [2.24, 2.45) is 10.8 Å². The molecule has 4 nitrogen and oxygen atoms in total. The third-order valence-electron chi connectivity index (χ3n) is 4.27. The second kappa shape index (κ2) is 3.64. The Kier molecular flexibility index (Phi) is 2.68. The maximum atomic E-state index is 12.5. The molecule has 1 heterocycles. The van der Waals surface area contributed by atoms with Crippen molar-refractivity contribution in [2.45, 2.75) is 58.7 Å². The molecule has 1 saturated heterocycles. The molecule has 0 bridgehead atoms. The van der Waals surface area contributed by atoms with Crippen LogP contribution in [0, 0.1) is 22.2 Å². The number of carbonyl (C=O) groups is 2. The molecule has 1 saturated carbocycles. The SMILES string of the molecule is CC1(C)CC(=O)[C@]2(C#N)[C@@H](CC(=O)CC2(C)C)O1. The molecule has 1 aliphatic carbocycles. The fraction of sp³-hybridized carbons (Fsp3) is 0.786. The second-order valence-corrected chi connectivity index (χ2v) is 6.69. The van der Waals surface area contributed by atoms with Crippen molar-refractivity contribution < 1.29 is 14.3 Å². The third kappa shape index (κ3) is 1.61. The summed E-state index contributed by atoms with van der Waals surface area (Å²) in [5, 5.41) is 9.58. The lowest BCUT2D eigenvalue weighted by Crippen LogP contribution is -2.63. The Hall–Kier alpha value is -1.21. The lowest BCUT2D eigenvalue weighted by Gasteiger charge is -2.53. The Morgan fingerprint density at radius 3 is 2.39 bits per heavy atom. The van der Waals surface area contributed by atoms with E-state index >= 15 is 0 Å². The van der Waals surface area contributed by atoms with Gasteiger partial charge in [-0.2, -0.15) is 5.26 Å². The van der Waals surface area contributed by atoms with Crippen molar-refractivity contribution in [3.8, 4) is 6.07 Å². The number of nitrogens with zero attached hydrogens (tertiary/aromatic N) is 1. The summed E-state index contributed by atoms with van der Waals surface area (Å²) >= 11 is 0. The first kappa shape index (κ1) is 13.2. The number of hydrogen-bond acceptors (Lipinski definition) is 4. The third-order valence-corrected chi connectivity index (χ3v) is 4.27. The van der Waals surface area contributed by atoms with Gasteiger partial charge in [0.25, 0.3) is 0 Å². The zero-order valence-corrected chi connectivity index (χ0v) is 11.4. The van der Waals surface area contributed by atoms with Crippen LogP contribution in [0.2, 0.25) is 0 Å². The molecule has 0 aromatic rings. The average molecular weight is 249 g/mol. The largest absolute Gasteiger partial charge is 0.369 e. The van der Waals surface area contributed by atoms with Crippen LogP contribution in [0.1, 0.15) is 47.0 Å². The highest BCUT2D eigenvalue weighted by atomic mass is 16.5. The predicted molar refractivity (Wildman–Crippen MR) is 64.6 cm³/mol. The van der Waals surface area contributed by atoms with Gasteiger partial charge in [0.05, 0.1) is 17.8 Å². The average Bonchev–Trinajstić information content (AvgIpc) is 2.12. The Morgan fingerprint density at radius 2 is 1.83 bits per heavy atom. The quantitative estimate of drug-likeness (QED) is 0.658. The van der Waals surface area contributed by atoms with E-state index in [-0.39, 0.29) is 30.8 Å². The fourth-order valence-corrected chi connectivity index (χ4v) is 3.43. The number of nitriles is 1. The smallest absolute Gasteiger partial charge is 0.159 e. The molecule has 18 heavy (non-hydrogen) atoms. The minimum absolute atomic E-state index is 0.0707. The maximum Gasteiger partial charge on any atom is 0.159 e. The molecule has 98 valence electrons. The molecular formula is C14H19NO3. The van der Waals surface area contributed by atoms with Crippen molar-refractivity contribution in [1.29, 1.82) is 5.26 Å². The van der Waals surface area contributed by atoms with Gasteiger partial charge in [0.15, 0.2) is 5.78 Å². The summed E-state index contributed by atoms with van der Waals surface area (Å²) in [6.07, 6.45) is 0.0722. The monoisotopic (exact) mass is 249 g/mol. The van der Waals surface area contributed by atoms with Crippen molar-refractivity contribution in [3.05, 3.63) is 0 Å². The first-order valence-corrected chi connectivity index (χ1v) is 6.29. The Bertz CT molecular complexity index is 458. The van der Waals surface area contributed by atoms with E-state index in [0.717, 1.165) is 0 Å². The number of hydrogen-bond donors (Lipinski definition) is 0. The normalized spacial score (nSPS) is 37.8. The molecule has 0 radical (unpaired) electrons. The van der Waals surface area contributed by atoms with Gasteiger partial charge in [0, 0.05) is 19.3 Å². The summed E-state index contributed by atoms with van der Waals surface area (Å²) in [6, 6.07) is 2.19. The number of Topliss-reactive ketones (excluding diaryl/α,β-unsaturated/α-hetero) is 2. The predicted octanol–water partition coefficient (Wildman–Crippen LogP) is 2.02. The van der Waals surface area contributed by atoms with Crippen LogP contribution in [0.15, 0.2) is 0 Å². The van der Waals surface area contributed by atoms with Crippen molar-refractivity contribution in [3.63, 3.8) is 0 Å². The van der Waals surface area contributed by atoms with Crippen molar-refractivity contribution in [1.82, 2.24) is 0 Å². The Balaban J connectivity index is 2.54. The van der Waals surface area contributed by atoms with Gasteiger partial charge in [-0.1, -0.05) is 13.8 Å². The fourth-order valence-electron chi connectivity index (χ4n) is 3.43. The van der Waals surface area contributed by atoms with Crippen LogP contribution < -0.4 is 0 Å². The van der Waals surface area contributed by atoms with E-state index < -0.39 is 22.5 Å². The first-order chi connectivity index (χ1) is 8.14. The number of carbonyl (C=O) groups excluding carboxylic acids is 2. The summed E-state index contributed by atoms with van der Waals surface area (Å²) in [5.74, 6) is -0.00914. The summed E-state index contributed by atoms with van der Waals surface area (Å²) in [6.45, 7) is 7.30. The van der Waals surface area contributed by atoms with Gasteiger partial charge < -0.3 is 4.74 Å². The van der Waals surface area contributed by atoms with Gasteiger partial charge in [-0.3, -0.25) is 9.59 Å². The zero-order chi connectivity index (χ0) is 13.8. The lowest BCUT2D eigenvalue weighted by atomic mass is 9.52. The molecule has 2 fully saturated rings. The second-order valence-electron chi connectivity index (χ2n) is 6.69. The number of rotatable bonds is 0. The van der Waals surface area contributed by atoms with E-state index in [1.54, 1.807) is 0 Å². The van der Waals surface area contributed by atoms with Gasteiger partial charge in [0.2, 0.25) is 0 Å². The van der Waals surface area contributed by atoms with Crippen molar-refractivity contribution >= 4 is 11.6 Å². The highest BCUT2D eigenvalue weighted by molar-refractivity contribution is 5.94. The number of fused-ring (bicyclic) bond motifs is 1. The van der Waals surface area contributed by atoms with Crippen LogP contribution >= 0.6 is 0 Å². The van der Waals surface area contributed by atoms with Crippen molar-refractivity contribution in [2.75, 3.05) is 0 Å². The van der Waals surface area contributed by atoms with Gasteiger partial charge in [-0.05, 0) is 19.3 Å². The van der Waals surface area contributed by atoms with Gasteiger partial charge >= 0.3 is 0 Å². The van der Waals surface area contributed by atoms with Crippen LogP contribution in [0.4, 0.5) is 0 Å². The van der Waals surface area contributed by atoms with Crippen LogP contribution in [-0.2, 0) is 14.3 Å². The molecule has 0 spiro atoms. The van der Waals surface area contributed by atoms with Crippen LogP contribution in [-0.4, -0.2) is 23.3 Å². The molecule has 0 unspecified atom stereocenters. The number of ether oxygens (including phenoxy) is 1. The molecule has 0 aromatic carbocycles. The molecular weight excluding hydrogens is 230 g/mol. The molecule has 0 amide bonds. The molecule has 0 aromatic heterocycles. The summed E-state index contributed by atoms with van der Waals surface area (Å²) in [4.78, 5) is 24.3. The van der Waals surface area contributed by atoms with E-state index in [1.165, 1.54) is 0 Å². The maximum absolute atomic E-state index is 12.5. The van der Waals surface area contributed by atoms with E-state index in [0.29, 0.717) is 0 Å². The lowest BCUT2D eigenvalue weighted by molar-refractivity contribution is -0.199. The molecule has 1 aliphatic heterocycles. The highest BCUT2D eigenvalue weighted by Gasteiger charge is 2.64.